The number of amides is 1. The van der Waals surface area contributed by atoms with Crippen LogP contribution in [-0.2, 0) is 29.4 Å². The van der Waals surface area contributed by atoms with Gasteiger partial charge < -0.3 is 9.47 Å². The minimum absolute atomic E-state index is 0.0980. The molecule has 1 fully saturated rings. The molecule has 8 nitrogen and oxygen atoms in total. The zero-order chi connectivity index (χ0) is 24.2. The highest BCUT2D eigenvalue weighted by Gasteiger charge is 2.32. The summed E-state index contributed by atoms with van der Waals surface area (Å²) in [5.74, 6) is 0.915. The Bertz CT molecular complexity index is 1420. The quantitative estimate of drug-likeness (QED) is 0.553. The number of benzene rings is 1. The lowest BCUT2D eigenvalue weighted by Crippen LogP contribution is -2.35. The van der Waals surface area contributed by atoms with Crippen molar-refractivity contribution in [2.24, 2.45) is 0 Å². The van der Waals surface area contributed by atoms with Crippen molar-refractivity contribution in [3.63, 3.8) is 0 Å². The number of fused-ring (bicyclic) bond motifs is 4. The van der Waals surface area contributed by atoms with Crippen LogP contribution in [0, 0.1) is 6.92 Å². The normalized spacial score (nSPS) is 18.9. The van der Waals surface area contributed by atoms with E-state index in [0.717, 1.165) is 73.5 Å². The van der Waals surface area contributed by atoms with Crippen molar-refractivity contribution in [1.29, 1.82) is 0 Å². The summed E-state index contributed by atoms with van der Waals surface area (Å²) in [5.41, 5.74) is 4.54. The number of pyridine rings is 1. The van der Waals surface area contributed by atoms with Gasteiger partial charge in [0.05, 0.1) is 10.5 Å². The van der Waals surface area contributed by atoms with Crippen LogP contribution in [0.1, 0.15) is 66.0 Å². The fraction of sp³-hybridized carbons (Fsp3) is 0.500. The van der Waals surface area contributed by atoms with Gasteiger partial charge in [0.1, 0.15) is 11.3 Å². The number of aromatic nitrogens is 3. The summed E-state index contributed by atoms with van der Waals surface area (Å²) in [6.45, 7) is 4.49. The number of hydrogen-bond donors (Lipinski definition) is 0. The van der Waals surface area contributed by atoms with Crippen LogP contribution in [-0.4, -0.2) is 52.8 Å². The highest BCUT2D eigenvalue weighted by atomic mass is 32.2. The molecule has 0 bridgehead atoms. The maximum Gasteiger partial charge on any atom is 0.260 e. The number of imidazole rings is 1. The monoisotopic (exact) mass is 493 g/mol. The van der Waals surface area contributed by atoms with Gasteiger partial charge in [-0.3, -0.25) is 4.79 Å². The number of carbonyl (C=O) groups excluding carboxylic acids is 1. The molecule has 35 heavy (non-hydrogen) atoms. The van der Waals surface area contributed by atoms with E-state index in [4.69, 9.17) is 9.97 Å². The van der Waals surface area contributed by atoms with Crippen molar-refractivity contribution in [1.82, 2.24) is 18.8 Å². The number of piperidine rings is 1. The van der Waals surface area contributed by atoms with Crippen LogP contribution in [0.5, 0.6) is 0 Å². The maximum absolute atomic E-state index is 13.8. The van der Waals surface area contributed by atoms with Gasteiger partial charge in [-0.05, 0) is 68.9 Å². The molecular weight excluding hydrogens is 462 g/mol. The Labute approximate surface area is 206 Å². The van der Waals surface area contributed by atoms with Crippen molar-refractivity contribution in [2.45, 2.75) is 69.7 Å². The lowest BCUT2D eigenvalue weighted by Gasteiger charge is -2.26. The van der Waals surface area contributed by atoms with Gasteiger partial charge in [-0.2, -0.15) is 4.31 Å². The predicted molar refractivity (Wildman–Crippen MR) is 134 cm³/mol. The number of aryl methyl sites for hydroxylation is 3. The van der Waals surface area contributed by atoms with Crippen LogP contribution in [0.3, 0.4) is 0 Å². The first-order valence-corrected chi connectivity index (χ1v) is 14.2. The van der Waals surface area contributed by atoms with Crippen molar-refractivity contribution in [3.05, 3.63) is 46.9 Å². The second kappa shape index (κ2) is 8.71. The lowest BCUT2D eigenvalue weighted by molar-refractivity contribution is 0.0990. The lowest BCUT2D eigenvalue weighted by atomic mass is 10.1. The maximum atomic E-state index is 13.8. The van der Waals surface area contributed by atoms with E-state index < -0.39 is 10.0 Å². The van der Waals surface area contributed by atoms with Gasteiger partial charge in [-0.15, -0.1) is 0 Å². The van der Waals surface area contributed by atoms with Crippen molar-refractivity contribution < 1.29 is 13.2 Å². The van der Waals surface area contributed by atoms with Crippen LogP contribution in [0.15, 0.2) is 29.2 Å². The molecule has 1 amide bonds. The summed E-state index contributed by atoms with van der Waals surface area (Å²) >= 11 is 0. The molecule has 2 aromatic heterocycles. The first-order chi connectivity index (χ1) is 16.9. The second-order valence-electron chi connectivity index (χ2n) is 9.94. The smallest absolute Gasteiger partial charge is 0.260 e. The van der Waals surface area contributed by atoms with Gasteiger partial charge in [0.15, 0.2) is 5.65 Å². The molecule has 5 heterocycles. The summed E-state index contributed by atoms with van der Waals surface area (Å²) in [7, 11) is -3.50. The molecule has 0 N–H and O–H groups in total. The number of rotatable bonds is 3. The zero-order valence-corrected chi connectivity index (χ0v) is 21.0. The van der Waals surface area contributed by atoms with Crippen molar-refractivity contribution >= 4 is 32.8 Å². The van der Waals surface area contributed by atoms with Crippen molar-refractivity contribution in [2.75, 3.05) is 24.5 Å². The fourth-order valence-electron chi connectivity index (χ4n) is 5.73. The van der Waals surface area contributed by atoms with Crippen LogP contribution < -0.4 is 4.90 Å². The van der Waals surface area contributed by atoms with Gasteiger partial charge in [0.25, 0.3) is 5.91 Å². The summed E-state index contributed by atoms with van der Waals surface area (Å²) in [4.78, 5) is 25.5. The molecule has 0 radical (unpaired) electrons. The largest absolute Gasteiger partial charge is 0.313 e. The first kappa shape index (κ1) is 22.7. The van der Waals surface area contributed by atoms with E-state index in [0.29, 0.717) is 42.0 Å². The molecule has 3 aliphatic rings. The predicted octanol–water partition coefficient (Wildman–Crippen LogP) is 3.84. The Hall–Kier alpha value is -2.78. The molecule has 3 aliphatic heterocycles. The van der Waals surface area contributed by atoms with Crippen LogP contribution >= 0.6 is 0 Å². The molecule has 184 valence electrons. The van der Waals surface area contributed by atoms with Crippen LogP contribution in [0.25, 0.3) is 11.2 Å². The molecule has 6 rings (SSSR count). The Morgan fingerprint density at radius 3 is 2.49 bits per heavy atom. The molecule has 0 atom stereocenters. The van der Waals surface area contributed by atoms with Gasteiger partial charge in [-0.25, -0.2) is 18.4 Å². The Kier molecular flexibility index (Phi) is 5.64. The first-order valence-electron chi connectivity index (χ1n) is 12.8. The summed E-state index contributed by atoms with van der Waals surface area (Å²) < 4.78 is 30.1. The Morgan fingerprint density at radius 1 is 0.886 bits per heavy atom. The van der Waals surface area contributed by atoms with E-state index in [1.54, 1.807) is 27.4 Å². The zero-order valence-electron chi connectivity index (χ0n) is 20.2. The Balaban J connectivity index is 1.34. The number of hydrogen-bond acceptors (Lipinski definition) is 5. The average molecular weight is 494 g/mol. The second-order valence-corrected chi connectivity index (χ2v) is 11.9. The summed E-state index contributed by atoms with van der Waals surface area (Å²) in [6, 6.07) is 7.05. The van der Waals surface area contributed by atoms with Gasteiger partial charge in [0, 0.05) is 44.0 Å². The molecule has 1 aromatic carbocycles. The fourth-order valence-corrected chi connectivity index (χ4v) is 7.30. The van der Waals surface area contributed by atoms with Gasteiger partial charge in [0.2, 0.25) is 10.0 Å². The third-order valence-electron chi connectivity index (χ3n) is 7.57. The highest BCUT2D eigenvalue weighted by Crippen LogP contribution is 2.34. The molecule has 3 aromatic rings. The van der Waals surface area contributed by atoms with Crippen LogP contribution in [0.4, 0.5) is 5.69 Å². The molecular formula is C26H31N5O3S. The summed E-state index contributed by atoms with van der Waals surface area (Å²) in [6.07, 6.45) is 7.82. The van der Waals surface area contributed by atoms with E-state index in [1.807, 2.05) is 13.0 Å². The minimum atomic E-state index is -3.50. The number of anilines is 1. The summed E-state index contributed by atoms with van der Waals surface area (Å²) in [5, 5.41) is 0. The molecule has 0 aliphatic carbocycles. The number of nitrogens with zero attached hydrogens (tertiary/aromatic N) is 5. The average Bonchev–Trinajstić information content (AvgIpc) is 3.36. The van der Waals surface area contributed by atoms with E-state index in [2.05, 4.69) is 4.57 Å². The van der Waals surface area contributed by atoms with Gasteiger partial charge in [-0.1, -0.05) is 12.8 Å². The number of carbonyl (C=O) groups is 1. The van der Waals surface area contributed by atoms with E-state index >= 15 is 0 Å². The van der Waals surface area contributed by atoms with E-state index in [1.165, 1.54) is 6.42 Å². The molecule has 0 unspecified atom stereocenters. The minimum Gasteiger partial charge on any atom is -0.313 e. The highest BCUT2D eigenvalue weighted by molar-refractivity contribution is 7.89. The van der Waals surface area contributed by atoms with E-state index in [9.17, 15) is 13.2 Å². The third-order valence-corrected chi connectivity index (χ3v) is 9.46. The molecule has 0 saturated carbocycles. The SMILES string of the molecule is Cc1cc(C(=O)N2CCc3cc(S(=O)(=O)N4CCCCC4)ccc32)c2nc3n(c2n1)CCCCC3. The van der Waals surface area contributed by atoms with Crippen molar-refractivity contribution in [3.8, 4) is 0 Å². The standard InChI is InChI=1S/C26H31N5O3S/c1-18-16-21(24-25(27-18)31-14-7-2-4-8-23(31)28-24)26(32)30-15-11-19-17-20(9-10-22(19)30)35(33,34)29-12-5-3-6-13-29/h9-10,16-17H,2-8,11-15H2,1H3. The van der Waals surface area contributed by atoms with Gasteiger partial charge >= 0.3 is 0 Å². The molecule has 1 saturated heterocycles. The number of sulfonamides is 1. The third kappa shape index (κ3) is 3.85. The Morgan fingerprint density at radius 2 is 1.66 bits per heavy atom. The molecule has 9 heteroatoms. The topological polar surface area (TPSA) is 88.4 Å². The molecule has 0 spiro atoms. The van der Waals surface area contributed by atoms with E-state index in [-0.39, 0.29) is 5.91 Å². The van der Waals surface area contributed by atoms with Crippen LogP contribution in [0.2, 0.25) is 0 Å².